The summed E-state index contributed by atoms with van der Waals surface area (Å²) >= 11 is 6.07. The average Bonchev–Trinajstić information content (AvgIpc) is 3.03. The molecule has 3 aromatic carbocycles. The molecule has 2 aliphatic rings. The molecule has 0 radical (unpaired) electrons. The van der Waals surface area contributed by atoms with E-state index in [1.165, 1.54) is 0 Å². The molecule has 2 heterocycles. The molecule has 4 N–H and O–H groups in total. The minimum absolute atomic E-state index is 0.00424. The number of benzene rings is 3. The van der Waals surface area contributed by atoms with E-state index in [2.05, 4.69) is 17.1 Å². The second-order valence-electron chi connectivity index (χ2n) is 12.1. The second-order valence-corrected chi connectivity index (χ2v) is 12.5. The van der Waals surface area contributed by atoms with Gasteiger partial charge in [-0.05, 0) is 60.2 Å². The first kappa shape index (κ1) is 33.1. The Morgan fingerprint density at radius 1 is 0.978 bits per heavy atom. The van der Waals surface area contributed by atoms with E-state index in [0.717, 1.165) is 22.3 Å². The molecule has 0 saturated carbocycles. The summed E-state index contributed by atoms with van der Waals surface area (Å²) in [6.45, 7) is 4.14. The number of halogens is 1. The predicted octanol–water partition coefficient (Wildman–Crippen LogP) is 5.80. The highest BCUT2D eigenvalue weighted by atomic mass is 35.5. The van der Waals surface area contributed by atoms with E-state index in [0.29, 0.717) is 43.2 Å². The minimum atomic E-state index is -0.928. The fourth-order valence-electron chi connectivity index (χ4n) is 6.12. The molecule has 0 aromatic heterocycles. The van der Waals surface area contributed by atoms with Crippen LogP contribution in [0.15, 0.2) is 72.8 Å². The lowest BCUT2D eigenvalue weighted by molar-refractivity contribution is -0.277. The number of carboxylic acids is 1. The molecule has 10 heteroatoms. The van der Waals surface area contributed by atoms with Gasteiger partial charge in [0.2, 0.25) is 5.91 Å². The first-order valence-electron chi connectivity index (χ1n) is 15.5. The van der Waals surface area contributed by atoms with E-state index < -0.39 is 17.9 Å². The number of hydrogen-bond donors (Lipinski definition) is 4. The number of carbonyl (C=O) groups excluding carboxylic acids is 1. The van der Waals surface area contributed by atoms with Crippen molar-refractivity contribution in [1.82, 2.24) is 4.90 Å². The van der Waals surface area contributed by atoms with Crippen molar-refractivity contribution < 1.29 is 34.4 Å². The van der Waals surface area contributed by atoms with Crippen LogP contribution in [0.3, 0.4) is 0 Å². The normalized spacial score (nSPS) is 23.4. The number of amides is 1. The molecule has 0 aliphatic carbocycles. The zero-order valence-corrected chi connectivity index (χ0v) is 26.2. The molecule has 45 heavy (non-hydrogen) atoms. The maximum Gasteiger partial charge on any atom is 0.303 e. The molecule has 3 aromatic rings. The lowest BCUT2D eigenvalue weighted by Crippen LogP contribution is -2.49. The Kier molecular flexibility index (Phi) is 10.9. The molecule has 2 fully saturated rings. The van der Waals surface area contributed by atoms with Gasteiger partial charge >= 0.3 is 5.97 Å². The number of aliphatic hydroxyl groups excluding tert-OH is 1. The van der Waals surface area contributed by atoms with Crippen LogP contribution in [0.2, 0.25) is 5.02 Å². The number of aliphatic hydroxyl groups is 2. The lowest BCUT2D eigenvalue weighted by atomic mass is 9.84. The highest BCUT2D eigenvalue weighted by Crippen LogP contribution is 2.43. The Balaban J connectivity index is 1.31. The Hall–Kier alpha value is -3.31. The number of hydrogen-bond acceptors (Lipinski definition) is 7. The van der Waals surface area contributed by atoms with E-state index >= 15 is 0 Å². The standard InChI is InChI=1S/C35H41ClN2O7/c1-23-30(21-38-18-16-35(43,17-19-38)27-12-14-28(36)15-13-27)44-34(45-33(23)25-10-8-24(22-39)9-11-25)26-4-2-5-29(20-26)37-31(40)6-3-7-32(41)42/h2,4-5,8-15,20,23,30,33-34,39,43H,3,6-7,16-19,21-22H2,1H3,(H,37,40)(H,41,42)/t23-,30+,33+,34+/m0/s1. The molecule has 9 nitrogen and oxygen atoms in total. The SMILES string of the molecule is C[C@H]1[C@@H](CN2CCC(O)(c3ccc(Cl)cc3)CC2)O[C@@H](c2cccc(NC(=O)CCCC(=O)O)c2)O[C@H]1c1ccc(CO)cc1. The third-order valence-electron chi connectivity index (χ3n) is 8.86. The van der Waals surface area contributed by atoms with E-state index in [4.69, 9.17) is 26.2 Å². The summed E-state index contributed by atoms with van der Waals surface area (Å²) in [5.41, 5.74) is 3.11. The number of carbonyl (C=O) groups is 2. The number of nitrogens with zero attached hydrogens (tertiary/aromatic N) is 1. The topological polar surface area (TPSA) is 129 Å². The number of likely N-dealkylation sites (tertiary alicyclic amines) is 1. The van der Waals surface area contributed by atoms with Gasteiger partial charge in [-0.1, -0.05) is 67.1 Å². The number of rotatable bonds is 11. The van der Waals surface area contributed by atoms with Gasteiger partial charge in [0.1, 0.15) is 0 Å². The summed E-state index contributed by atoms with van der Waals surface area (Å²) < 4.78 is 13.2. The number of piperidine rings is 1. The summed E-state index contributed by atoms with van der Waals surface area (Å²) in [7, 11) is 0. The fourth-order valence-corrected chi connectivity index (χ4v) is 6.25. The third-order valence-corrected chi connectivity index (χ3v) is 9.12. The maximum atomic E-state index is 12.4. The van der Waals surface area contributed by atoms with Gasteiger partial charge in [-0.2, -0.15) is 0 Å². The van der Waals surface area contributed by atoms with Crippen molar-refractivity contribution in [1.29, 1.82) is 0 Å². The molecule has 4 atom stereocenters. The van der Waals surface area contributed by atoms with Crippen LogP contribution in [-0.2, 0) is 31.3 Å². The first-order chi connectivity index (χ1) is 21.6. The van der Waals surface area contributed by atoms with Crippen molar-refractivity contribution in [3.8, 4) is 0 Å². The highest BCUT2D eigenvalue weighted by Gasteiger charge is 2.41. The van der Waals surface area contributed by atoms with Gasteiger partial charge in [0.25, 0.3) is 0 Å². The van der Waals surface area contributed by atoms with Crippen LogP contribution in [0, 0.1) is 5.92 Å². The van der Waals surface area contributed by atoms with Gasteiger partial charge in [-0.15, -0.1) is 0 Å². The number of aliphatic carboxylic acids is 1. The average molecular weight is 637 g/mol. The number of carboxylic acid groups (broad SMARTS) is 1. The van der Waals surface area contributed by atoms with Crippen molar-refractivity contribution in [2.45, 2.75) is 69.7 Å². The Labute approximate surface area is 268 Å². The molecule has 0 unspecified atom stereocenters. The van der Waals surface area contributed by atoms with Gasteiger partial charge < -0.3 is 35.0 Å². The van der Waals surface area contributed by atoms with Crippen molar-refractivity contribution in [2.75, 3.05) is 25.0 Å². The first-order valence-corrected chi connectivity index (χ1v) is 15.8. The van der Waals surface area contributed by atoms with Gasteiger partial charge in [-0.25, -0.2) is 0 Å². The third kappa shape index (κ3) is 8.49. The van der Waals surface area contributed by atoms with Crippen LogP contribution in [-0.4, -0.2) is 57.8 Å². The molecule has 2 aliphatic heterocycles. The molecule has 0 bridgehead atoms. The highest BCUT2D eigenvalue weighted by molar-refractivity contribution is 6.30. The van der Waals surface area contributed by atoms with Gasteiger partial charge in [0, 0.05) is 54.7 Å². The van der Waals surface area contributed by atoms with Crippen LogP contribution in [0.5, 0.6) is 0 Å². The summed E-state index contributed by atoms with van der Waals surface area (Å²) in [5, 5.41) is 33.3. The Bertz CT molecular complexity index is 1440. The zero-order chi connectivity index (χ0) is 32.0. The predicted molar refractivity (Wildman–Crippen MR) is 171 cm³/mol. The number of ether oxygens (including phenoxy) is 2. The van der Waals surface area contributed by atoms with Crippen LogP contribution in [0.4, 0.5) is 5.69 Å². The van der Waals surface area contributed by atoms with Crippen molar-refractivity contribution >= 4 is 29.2 Å². The van der Waals surface area contributed by atoms with Gasteiger partial charge in [-0.3, -0.25) is 9.59 Å². The quantitative estimate of drug-likeness (QED) is 0.208. The molecule has 5 rings (SSSR count). The minimum Gasteiger partial charge on any atom is -0.481 e. The van der Waals surface area contributed by atoms with Crippen molar-refractivity contribution in [2.24, 2.45) is 5.92 Å². The second kappa shape index (κ2) is 14.9. The number of anilines is 1. The van der Waals surface area contributed by atoms with E-state index in [-0.39, 0.29) is 49.9 Å². The van der Waals surface area contributed by atoms with Gasteiger partial charge in [0.05, 0.1) is 24.4 Å². The summed E-state index contributed by atoms with van der Waals surface area (Å²) in [6, 6.07) is 22.5. The molecule has 2 saturated heterocycles. The molecule has 240 valence electrons. The largest absolute Gasteiger partial charge is 0.481 e. The van der Waals surface area contributed by atoms with Crippen molar-refractivity contribution in [3.63, 3.8) is 0 Å². The summed E-state index contributed by atoms with van der Waals surface area (Å²) in [5.74, 6) is -1.19. The molecule has 0 spiro atoms. The summed E-state index contributed by atoms with van der Waals surface area (Å²) in [4.78, 5) is 25.6. The monoisotopic (exact) mass is 636 g/mol. The van der Waals surface area contributed by atoms with Gasteiger partial charge in [0.15, 0.2) is 6.29 Å². The van der Waals surface area contributed by atoms with Crippen molar-refractivity contribution in [3.05, 3.63) is 100 Å². The molecular formula is C35H41ClN2O7. The molecule has 1 amide bonds. The smallest absolute Gasteiger partial charge is 0.303 e. The fraction of sp³-hybridized carbons (Fsp3) is 0.429. The molecular weight excluding hydrogens is 596 g/mol. The van der Waals surface area contributed by atoms with E-state index in [1.54, 1.807) is 6.07 Å². The lowest BCUT2D eigenvalue weighted by Gasteiger charge is -2.45. The number of nitrogens with one attached hydrogen (secondary N) is 1. The zero-order valence-electron chi connectivity index (χ0n) is 25.4. The van der Waals surface area contributed by atoms with Crippen LogP contribution in [0.1, 0.15) is 73.7 Å². The van der Waals surface area contributed by atoms with Crippen LogP contribution < -0.4 is 5.32 Å². The van der Waals surface area contributed by atoms with Crippen LogP contribution in [0.25, 0.3) is 0 Å². The van der Waals surface area contributed by atoms with Crippen LogP contribution >= 0.6 is 11.6 Å². The summed E-state index contributed by atoms with van der Waals surface area (Å²) in [6.07, 6.45) is 0.323. The Morgan fingerprint density at radius 2 is 1.69 bits per heavy atom. The maximum absolute atomic E-state index is 12.4. The van der Waals surface area contributed by atoms with E-state index in [9.17, 15) is 19.8 Å². The van der Waals surface area contributed by atoms with E-state index in [1.807, 2.05) is 66.7 Å². The Morgan fingerprint density at radius 3 is 2.36 bits per heavy atom.